The molecule has 2 aromatic carbocycles. The number of aromatic nitrogens is 1. The Balaban J connectivity index is 2.41. The molecule has 1 N–H and O–H groups in total. The first-order chi connectivity index (χ1) is 10.1. The number of nitrogens with one attached hydrogen (secondary N) is 1. The van der Waals surface area contributed by atoms with Crippen LogP contribution in [0.25, 0.3) is 22.2 Å². The van der Waals surface area contributed by atoms with Crippen LogP contribution in [0.2, 0.25) is 0 Å². The molecule has 0 aliphatic heterocycles. The molecule has 0 saturated carbocycles. The van der Waals surface area contributed by atoms with Gasteiger partial charge in [0.2, 0.25) is 0 Å². The molecular formula is C17H14BrFN2. The number of hydrogen-bond acceptors (Lipinski definition) is 2. The van der Waals surface area contributed by atoms with Crippen molar-refractivity contribution in [2.75, 3.05) is 12.4 Å². The zero-order valence-electron chi connectivity index (χ0n) is 11.7. The monoisotopic (exact) mass is 344 g/mol. The highest BCUT2D eigenvalue weighted by Gasteiger charge is 2.15. The van der Waals surface area contributed by atoms with Gasteiger partial charge in [-0.1, -0.05) is 46.3 Å². The molecule has 0 radical (unpaired) electrons. The third kappa shape index (κ3) is 2.40. The van der Waals surface area contributed by atoms with Crippen LogP contribution in [-0.4, -0.2) is 12.0 Å². The third-order valence-corrected chi connectivity index (χ3v) is 4.01. The number of hydrogen-bond donors (Lipinski definition) is 1. The Morgan fingerprint density at radius 2 is 1.86 bits per heavy atom. The van der Waals surface area contributed by atoms with Crippen molar-refractivity contribution in [3.05, 3.63) is 58.3 Å². The number of halogens is 2. The van der Waals surface area contributed by atoms with Crippen LogP contribution < -0.4 is 5.32 Å². The maximum atomic E-state index is 14.3. The van der Waals surface area contributed by atoms with Crippen molar-refractivity contribution in [2.45, 2.75) is 6.92 Å². The smallest absolute Gasteiger partial charge is 0.150 e. The molecule has 0 fully saturated rings. The molecule has 1 aromatic heterocycles. The highest BCUT2D eigenvalue weighted by molar-refractivity contribution is 9.10. The Labute approximate surface area is 131 Å². The van der Waals surface area contributed by atoms with Gasteiger partial charge in [-0.2, -0.15) is 0 Å². The zero-order chi connectivity index (χ0) is 15.0. The van der Waals surface area contributed by atoms with Crippen molar-refractivity contribution >= 4 is 32.5 Å². The number of benzene rings is 2. The van der Waals surface area contributed by atoms with E-state index in [1.165, 1.54) is 6.07 Å². The Morgan fingerprint density at radius 1 is 1.14 bits per heavy atom. The largest absolute Gasteiger partial charge is 0.387 e. The summed E-state index contributed by atoms with van der Waals surface area (Å²) in [4.78, 5) is 4.56. The fraction of sp³-hybridized carbons (Fsp3) is 0.118. The lowest BCUT2D eigenvalue weighted by molar-refractivity contribution is 0.636. The first-order valence-electron chi connectivity index (χ1n) is 6.64. The maximum Gasteiger partial charge on any atom is 0.150 e. The van der Waals surface area contributed by atoms with Crippen LogP contribution in [0.3, 0.4) is 0 Å². The van der Waals surface area contributed by atoms with Gasteiger partial charge in [-0.05, 0) is 24.6 Å². The third-order valence-electron chi connectivity index (χ3n) is 3.55. The lowest BCUT2D eigenvalue weighted by atomic mass is 10.0. The minimum Gasteiger partial charge on any atom is -0.387 e. The Morgan fingerprint density at radius 3 is 2.52 bits per heavy atom. The molecule has 3 rings (SSSR count). The summed E-state index contributed by atoms with van der Waals surface area (Å²) in [5.41, 5.74) is 4.07. The van der Waals surface area contributed by atoms with E-state index in [2.05, 4.69) is 26.2 Å². The van der Waals surface area contributed by atoms with Crippen molar-refractivity contribution in [2.24, 2.45) is 0 Å². The van der Waals surface area contributed by atoms with Crippen molar-refractivity contribution in [3.63, 3.8) is 0 Å². The molecule has 0 unspecified atom stereocenters. The summed E-state index contributed by atoms with van der Waals surface area (Å²) in [5.74, 6) is -0.326. The molecule has 0 aliphatic rings. The molecule has 2 nitrogen and oxygen atoms in total. The van der Waals surface area contributed by atoms with Crippen LogP contribution in [0.4, 0.5) is 10.1 Å². The first-order valence-corrected chi connectivity index (χ1v) is 7.43. The van der Waals surface area contributed by atoms with E-state index in [0.717, 1.165) is 27.9 Å². The van der Waals surface area contributed by atoms with E-state index in [1.807, 2.05) is 50.4 Å². The topological polar surface area (TPSA) is 24.9 Å². The van der Waals surface area contributed by atoms with E-state index in [9.17, 15) is 4.39 Å². The predicted octanol–water partition coefficient (Wildman–Crippen LogP) is 5.15. The standard InChI is InChI=1S/C17H14BrFN2/c1-10-15(11-6-4-3-5-7-11)21-17-13(16(10)20-2)8-12(18)9-14(17)19/h3-9H,1-2H3,(H,20,21). The molecule has 4 heteroatoms. The fourth-order valence-corrected chi connectivity index (χ4v) is 3.02. The average Bonchev–Trinajstić information content (AvgIpc) is 2.47. The Hall–Kier alpha value is -1.94. The highest BCUT2D eigenvalue weighted by Crippen LogP contribution is 2.35. The number of nitrogens with zero attached hydrogens (tertiary/aromatic N) is 1. The van der Waals surface area contributed by atoms with Gasteiger partial charge in [0.1, 0.15) is 5.52 Å². The number of pyridine rings is 1. The number of anilines is 1. The van der Waals surface area contributed by atoms with Crippen molar-refractivity contribution < 1.29 is 4.39 Å². The van der Waals surface area contributed by atoms with E-state index < -0.39 is 0 Å². The number of rotatable bonds is 2. The van der Waals surface area contributed by atoms with Gasteiger partial charge < -0.3 is 5.32 Å². The predicted molar refractivity (Wildman–Crippen MR) is 89.1 cm³/mol. The van der Waals surface area contributed by atoms with E-state index in [4.69, 9.17) is 0 Å². The summed E-state index contributed by atoms with van der Waals surface area (Å²) in [6.45, 7) is 2.00. The Kier molecular flexibility index (Phi) is 3.64. The lowest BCUT2D eigenvalue weighted by Crippen LogP contribution is -2.00. The average molecular weight is 345 g/mol. The molecule has 0 amide bonds. The fourth-order valence-electron chi connectivity index (χ4n) is 2.59. The summed E-state index contributed by atoms with van der Waals surface area (Å²) < 4.78 is 15.0. The molecule has 21 heavy (non-hydrogen) atoms. The van der Waals surface area contributed by atoms with Crippen LogP contribution >= 0.6 is 15.9 Å². The van der Waals surface area contributed by atoms with E-state index in [-0.39, 0.29) is 5.82 Å². The molecule has 0 saturated heterocycles. The summed E-state index contributed by atoms with van der Waals surface area (Å²) in [6, 6.07) is 13.2. The summed E-state index contributed by atoms with van der Waals surface area (Å²) in [6.07, 6.45) is 0. The second kappa shape index (κ2) is 5.45. The Bertz CT molecular complexity index is 816. The quantitative estimate of drug-likeness (QED) is 0.694. The zero-order valence-corrected chi connectivity index (χ0v) is 13.3. The molecule has 0 atom stereocenters. The number of fused-ring (bicyclic) bond motifs is 1. The van der Waals surface area contributed by atoms with Gasteiger partial charge in [0, 0.05) is 28.2 Å². The second-order valence-electron chi connectivity index (χ2n) is 4.86. The minimum absolute atomic E-state index is 0.326. The molecule has 106 valence electrons. The van der Waals surface area contributed by atoms with Crippen LogP contribution in [0, 0.1) is 12.7 Å². The van der Waals surface area contributed by atoms with E-state index >= 15 is 0 Å². The van der Waals surface area contributed by atoms with Gasteiger partial charge in [0.05, 0.1) is 5.69 Å². The van der Waals surface area contributed by atoms with Crippen molar-refractivity contribution in [3.8, 4) is 11.3 Å². The van der Waals surface area contributed by atoms with Crippen LogP contribution in [0.5, 0.6) is 0 Å². The SMILES string of the molecule is CNc1c(C)c(-c2ccccc2)nc2c(F)cc(Br)cc12. The van der Waals surface area contributed by atoms with Crippen LogP contribution in [-0.2, 0) is 0 Å². The van der Waals surface area contributed by atoms with Gasteiger partial charge >= 0.3 is 0 Å². The second-order valence-corrected chi connectivity index (χ2v) is 5.78. The van der Waals surface area contributed by atoms with Gasteiger partial charge in [-0.15, -0.1) is 0 Å². The van der Waals surface area contributed by atoms with Crippen molar-refractivity contribution in [1.29, 1.82) is 0 Å². The van der Waals surface area contributed by atoms with Gasteiger partial charge in [-0.3, -0.25) is 0 Å². The van der Waals surface area contributed by atoms with Gasteiger partial charge in [-0.25, -0.2) is 9.37 Å². The summed E-state index contributed by atoms with van der Waals surface area (Å²) >= 11 is 3.34. The normalized spacial score (nSPS) is 10.9. The maximum absolute atomic E-state index is 14.3. The highest BCUT2D eigenvalue weighted by atomic mass is 79.9. The van der Waals surface area contributed by atoms with Crippen LogP contribution in [0.1, 0.15) is 5.56 Å². The minimum atomic E-state index is -0.326. The lowest BCUT2D eigenvalue weighted by Gasteiger charge is -2.15. The molecule has 3 aromatic rings. The molecule has 0 aliphatic carbocycles. The van der Waals surface area contributed by atoms with E-state index in [0.29, 0.717) is 9.99 Å². The molecule has 0 spiro atoms. The van der Waals surface area contributed by atoms with Gasteiger partial charge in [0.25, 0.3) is 0 Å². The van der Waals surface area contributed by atoms with Crippen molar-refractivity contribution in [1.82, 2.24) is 4.98 Å². The summed E-state index contributed by atoms with van der Waals surface area (Å²) in [5, 5.41) is 3.95. The molecular weight excluding hydrogens is 331 g/mol. The molecule has 1 heterocycles. The van der Waals surface area contributed by atoms with Gasteiger partial charge in [0.15, 0.2) is 5.82 Å². The first kappa shape index (κ1) is 14.0. The van der Waals surface area contributed by atoms with E-state index in [1.54, 1.807) is 0 Å². The van der Waals surface area contributed by atoms with Crippen LogP contribution in [0.15, 0.2) is 46.9 Å². The summed E-state index contributed by atoms with van der Waals surface area (Å²) in [7, 11) is 1.84. The molecule has 0 bridgehead atoms.